The Hall–Kier alpha value is -2.56. The molecule has 0 spiro atoms. The molecule has 3 rings (SSSR count). The summed E-state index contributed by atoms with van der Waals surface area (Å²) in [5.74, 6) is -0.119. The minimum Gasteiger partial charge on any atom is -0.497 e. The number of nitrogens with one attached hydrogen (secondary N) is 1. The number of allylic oxidation sites excluding steroid dienone is 3. The fourth-order valence-electron chi connectivity index (χ4n) is 3.81. The minimum atomic E-state index is -0.458. The number of ether oxygens (including phenoxy) is 2. The van der Waals surface area contributed by atoms with Crippen molar-refractivity contribution in [3.05, 3.63) is 52.4 Å². The molecule has 1 aromatic rings. The third-order valence-corrected chi connectivity index (χ3v) is 5.34. The largest absolute Gasteiger partial charge is 0.497 e. The van der Waals surface area contributed by atoms with Crippen LogP contribution in [-0.4, -0.2) is 26.0 Å². The molecule has 0 radical (unpaired) electrons. The molecule has 0 saturated carbocycles. The lowest BCUT2D eigenvalue weighted by atomic mass is 9.67. The number of rotatable bonds is 3. The number of Topliss-reactive ketones (excluding diaryl/α,β-unsaturated/α-hetero) is 1. The summed E-state index contributed by atoms with van der Waals surface area (Å²) in [6.45, 7) is 5.78. The number of esters is 1. The summed E-state index contributed by atoms with van der Waals surface area (Å²) < 4.78 is 10.4. The van der Waals surface area contributed by atoms with Crippen molar-refractivity contribution in [1.29, 1.82) is 0 Å². The maximum Gasteiger partial charge on any atom is 0.336 e. The lowest BCUT2D eigenvalue weighted by Crippen LogP contribution is -2.40. The summed E-state index contributed by atoms with van der Waals surface area (Å²) in [6, 6.07) is 7.53. The first-order chi connectivity index (χ1) is 12.3. The van der Waals surface area contributed by atoms with Gasteiger partial charge in [-0.15, -0.1) is 0 Å². The van der Waals surface area contributed by atoms with Gasteiger partial charge in [0.15, 0.2) is 5.78 Å². The van der Waals surface area contributed by atoms with Crippen molar-refractivity contribution >= 4 is 11.8 Å². The standard InChI is InChI=1S/C21H25NO4/c1-12-16(20(24)26-5)17(13-7-6-8-14(11-13)25-4)18-15(22-12)9-10-21(2,3)19(18)23/h6-8,11,17,22H,9-10H2,1-5H3. The molecule has 0 saturated heterocycles. The highest BCUT2D eigenvalue weighted by Crippen LogP contribution is 2.47. The van der Waals surface area contributed by atoms with Crippen molar-refractivity contribution < 1.29 is 19.1 Å². The Bertz CT molecular complexity index is 832. The van der Waals surface area contributed by atoms with Crippen LogP contribution in [0.15, 0.2) is 46.8 Å². The molecule has 1 heterocycles. The van der Waals surface area contributed by atoms with Gasteiger partial charge in [-0.2, -0.15) is 0 Å². The molecule has 26 heavy (non-hydrogen) atoms. The highest BCUT2D eigenvalue weighted by atomic mass is 16.5. The van der Waals surface area contributed by atoms with Gasteiger partial charge >= 0.3 is 5.97 Å². The molecule has 5 heteroatoms. The van der Waals surface area contributed by atoms with E-state index >= 15 is 0 Å². The highest BCUT2D eigenvalue weighted by Gasteiger charge is 2.44. The van der Waals surface area contributed by atoms with E-state index in [1.807, 2.05) is 45.0 Å². The Morgan fingerprint density at radius 2 is 2.00 bits per heavy atom. The molecule has 0 aromatic heterocycles. The summed E-state index contributed by atoms with van der Waals surface area (Å²) in [5.41, 5.74) is 3.18. The minimum absolute atomic E-state index is 0.0768. The van der Waals surface area contributed by atoms with Crippen molar-refractivity contribution in [2.75, 3.05) is 14.2 Å². The normalized spacial score (nSPS) is 21.9. The van der Waals surface area contributed by atoms with Gasteiger partial charge in [0.2, 0.25) is 0 Å². The molecule has 0 fully saturated rings. The fraction of sp³-hybridized carbons (Fsp3) is 0.429. The van der Waals surface area contributed by atoms with Gasteiger partial charge in [0, 0.05) is 28.3 Å². The van der Waals surface area contributed by atoms with Gasteiger partial charge < -0.3 is 14.8 Å². The molecule has 0 bridgehead atoms. The monoisotopic (exact) mass is 355 g/mol. The number of hydrogen-bond acceptors (Lipinski definition) is 5. The molecular weight excluding hydrogens is 330 g/mol. The van der Waals surface area contributed by atoms with Crippen LogP contribution in [0, 0.1) is 5.41 Å². The Kier molecular flexibility index (Phi) is 4.65. The Balaban J connectivity index is 2.23. The number of carbonyl (C=O) groups excluding carboxylic acids is 2. The zero-order chi connectivity index (χ0) is 19.1. The van der Waals surface area contributed by atoms with Crippen LogP contribution in [0.25, 0.3) is 0 Å². The van der Waals surface area contributed by atoms with E-state index in [1.165, 1.54) is 7.11 Å². The van der Waals surface area contributed by atoms with Crippen LogP contribution >= 0.6 is 0 Å². The predicted molar refractivity (Wildman–Crippen MR) is 98.6 cm³/mol. The van der Waals surface area contributed by atoms with Crippen molar-refractivity contribution in [3.8, 4) is 5.75 Å². The summed E-state index contributed by atoms with van der Waals surface area (Å²) in [4.78, 5) is 25.9. The van der Waals surface area contributed by atoms with Crippen molar-refractivity contribution in [2.24, 2.45) is 5.41 Å². The molecule has 0 amide bonds. The summed E-state index contributed by atoms with van der Waals surface area (Å²) >= 11 is 0. The predicted octanol–water partition coefficient (Wildman–Crippen LogP) is 3.47. The Morgan fingerprint density at radius 3 is 2.65 bits per heavy atom. The number of hydrogen-bond donors (Lipinski definition) is 1. The Morgan fingerprint density at radius 1 is 1.27 bits per heavy atom. The van der Waals surface area contributed by atoms with Crippen LogP contribution < -0.4 is 10.1 Å². The van der Waals surface area contributed by atoms with Crippen LogP contribution in [0.4, 0.5) is 0 Å². The third-order valence-electron chi connectivity index (χ3n) is 5.34. The lowest BCUT2D eigenvalue weighted by Gasteiger charge is -2.39. The Labute approximate surface area is 154 Å². The summed E-state index contributed by atoms with van der Waals surface area (Å²) in [5, 5.41) is 3.29. The SMILES string of the molecule is COC(=O)C1=C(C)NC2=C(C(=O)C(C)(C)CC2)C1c1cccc(OC)c1. The van der Waals surface area contributed by atoms with E-state index in [0.717, 1.165) is 29.8 Å². The number of methoxy groups -OCH3 is 2. The maximum absolute atomic E-state index is 13.3. The molecule has 2 aliphatic rings. The van der Waals surface area contributed by atoms with Crippen molar-refractivity contribution in [3.63, 3.8) is 0 Å². The first-order valence-corrected chi connectivity index (χ1v) is 8.78. The number of dihydropyridines is 1. The van der Waals surface area contributed by atoms with E-state index in [4.69, 9.17) is 9.47 Å². The van der Waals surface area contributed by atoms with Crippen LogP contribution in [0.5, 0.6) is 5.75 Å². The van der Waals surface area contributed by atoms with Gasteiger partial charge in [0.05, 0.1) is 19.8 Å². The van der Waals surface area contributed by atoms with E-state index in [9.17, 15) is 9.59 Å². The maximum atomic E-state index is 13.3. The van der Waals surface area contributed by atoms with Gasteiger partial charge in [-0.3, -0.25) is 4.79 Å². The smallest absolute Gasteiger partial charge is 0.336 e. The van der Waals surface area contributed by atoms with Crippen LogP contribution in [-0.2, 0) is 14.3 Å². The molecular formula is C21H25NO4. The first-order valence-electron chi connectivity index (χ1n) is 8.78. The summed E-state index contributed by atoms with van der Waals surface area (Å²) in [6.07, 6.45) is 1.56. The molecule has 1 unspecified atom stereocenters. The lowest BCUT2D eigenvalue weighted by molar-refractivity contribution is -0.136. The van der Waals surface area contributed by atoms with Gasteiger partial charge in [-0.05, 0) is 37.5 Å². The van der Waals surface area contributed by atoms with Crippen molar-refractivity contribution in [2.45, 2.75) is 39.5 Å². The van der Waals surface area contributed by atoms with Gasteiger partial charge in [-0.1, -0.05) is 26.0 Å². The van der Waals surface area contributed by atoms with E-state index in [0.29, 0.717) is 16.9 Å². The number of ketones is 1. The first kappa shape index (κ1) is 18.2. The topological polar surface area (TPSA) is 64.6 Å². The zero-order valence-electron chi connectivity index (χ0n) is 15.9. The molecule has 1 aliphatic carbocycles. The van der Waals surface area contributed by atoms with E-state index < -0.39 is 17.3 Å². The van der Waals surface area contributed by atoms with E-state index in [-0.39, 0.29) is 5.78 Å². The van der Waals surface area contributed by atoms with Gasteiger partial charge in [-0.25, -0.2) is 4.79 Å². The molecule has 1 aromatic carbocycles. The molecule has 5 nitrogen and oxygen atoms in total. The fourth-order valence-corrected chi connectivity index (χ4v) is 3.81. The van der Waals surface area contributed by atoms with Crippen LogP contribution in [0.1, 0.15) is 45.1 Å². The van der Waals surface area contributed by atoms with Gasteiger partial charge in [0.1, 0.15) is 5.75 Å². The second-order valence-electron chi connectivity index (χ2n) is 7.47. The molecule has 1 aliphatic heterocycles. The van der Waals surface area contributed by atoms with E-state index in [1.54, 1.807) is 7.11 Å². The second kappa shape index (κ2) is 6.63. The summed E-state index contributed by atoms with van der Waals surface area (Å²) in [7, 11) is 2.96. The second-order valence-corrected chi connectivity index (χ2v) is 7.47. The quantitative estimate of drug-likeness (QED) is 0.841. The van der Waals surface area contributed by atoms with E-state index in [2.05, 4.69) is 5.32 Å². The third kappa shape index (κ3) is 2.91. The van der Waals surface area contributed by atoms with Crippen LogP contribution in [0.2, 0.25) is 0 Å². The molecule has 138 valence electrons. The highest BCUT2D eigenvalue weighted by molar-refractivity contribution is 6.06. The van der Waals surface area contributed by atoms with Crippen molar-refractivity contribution in [1.82, 2.24) is 5.32 Å². The van der Waals surface area contributed by atoms with Gasteiger partial charge in [0.25, 0.3) is 0 Å². The number of carbonyl (C=O) groups is 2. The molecule has 1 atom stereocenters. The van der Waals surface area contributed by atoms with Crippen LogP contribution in [0.3, 0.4) is 0 Å². The average Bonchev–Trinajstić information content (AvgIpc) is 2.63. The molecule has 1 N–H and O–H groups in total. The number of benzene rings is 1. The average molecular weight is 355 g/mol. The zero-order valence-corrected chi connectivity index (χ0v) is 15.9.